The third kappa shape index (κ3) is 3.47. The third-order valence-electron chi connectivity index (χ3n) is 3.53. The summed E-state index contributed by atoms with van der Waals surface area (Å²) in [5.41, 5.74) is 0. The van der Waals surface area contributed by atoms with Crippen molar-refractivity contribution < 1.29 is 0 Å². The van der Waals surface area contributed by atoms with Gasteiger partial charge in [0, 0.05) is 6.04 Å². The first kappa shape index (κ1) is 12.4. The van der Waals surface area contributed by atoms with Gasteiger partial charge in [0.05, 0.1) is 0 Å². The first-order valence-corrected chi connectivity index (χ1v) is 7.26. The summed E-state index contributed by atoms with van der Waals surface area (Å²) in [5.74, 6) is 4.52. The molecule has 1 rings (SSSR count). The van der Waals surface area contributed by atoms with Crippen molar-refractivity contribution in [3.05, 3.63) is 0 Å². The van der Waals surface area contributed by atoms with Crippen molar-refractivity contribution in [2.75, 3.05) is 18.1 Å². The van der Waals surface area contributed by atoms with Gasteiger partial charge in [-0.1, -0.05) is 20.8 Å². The average Bonchev–Trinajstić information content (AvgIpc) is 2.51. The maximum Gasteiger partial charge on any atom is 0.00953 e. The Labute approximate surface area is 93.4 Å². The van der Waals surface area contributed by atoms with E-state index in [0.29, 0.717) is 0 Å². The molecular formula is C12H25NS. The van der Waals surface area contributed by atoms with Crippen LogP contribution in [0.1, 0.15) is 40.0 Å². The van der Waals surface area contributed by atoms with Crippen LogP contribution in [0.2, 0.25) is 0 Å². The van der Waals surface area contributed by atoms with Crippen molar-refractivity contribution >= 4 is 11.8 Å². The van der Waals surface area contributed by atoms with E-state index >= 15 is 0 Å². The fourth-order valence-corrected chi connectivity index (χ4v) is 3.34. The number of hydrogen-bond donors (Lipinski definition) is 1. The van der Waals surface area contributed by atoms with Crippen molar-refractivity contribution in [2.45, 2.75) is 46.1 Å². The number of hydrogen-bond acceptors (Lipinski definition) is 2. The topological polar surface area (TPSA) is 12.0 Å². The Morgan fingerprint density at radius 2 is 2.07 bits per heavy atom. The summed E-state index contributed by atoms with van der Waals surface area (Å²) in [6.45, 7) is 8.03. The molecule has 1 nitrogen and oxygen atoms in total. The summed E-state index contributed by atoms with van der Waals surface area (Å²) in [4.78, 5) is 0. The molecule has 0 amide bonds. The Kier molecular flexibility index (Phi) is 5.95. The maximum atomic E-state index is 3.61. The quantitative estimate of drug-likeness (QED) is 0.683. The third-order valence-corrected chi connectivity index (χ3v) is 4.46. The van der Waals surface area contributed by atoms with Gasteiger partial charge in [-0.15, -0.1) is 0 Å². The minimum atomic E-state index is 0.802. The highest BCUT2D eigenvalue weighted by Crippen LogP contribution is 2.34. The van der Waals surface area contributed by atoms with E-state index in [2.05, 4.69) is 37.8 Å². The summed E-state index contributed by atoms with van der Waals surface area (Å²) in [7, 11) is 0. The van der Waals surface area contributed by atoms with Gasteiger partial charge in [0.25, 0.3) is 0 Å². The standard InChI is InChI=1S/C12H25NS/c1-4-13-12-7-6-11(10(12)3)8-9-14-5-2/h10-13H,4-9H2,1-3H3. The number of thioether (sulfide) groups is 1. The van der Waals surface area contributed by atoms with Gasteiger partial charge in [-0.3, -0.25) is 0 Å². The van der Waals surface area contributed by atoms with Gasteiger partial charge >= 0.3 is 0 Å². The molecule has 0 aromatic rings. The molecule has 3 atom stereocenters. The van der Waals surface area contributed by atoms with Crippen LogP contribution >= 0.6 is 11.8 Å². The largest absolute Gasteiger partial charge is 0.314 e. The van der Waals surface area contributed by atoms with Crippen LogP contribution in [0, 0.1) is 11.8 Å². The van der Waals surface area contributed by atoms with Gasteiger partial charge in [0.2, 0.25) is 0 Å². The minimum absolute atomic E-state index is 0.802. The minimum Gasteiger partial charge on any atom is -0.314 e. The molecule has 0 heterocycles. The molecule has 0 aliphatic heterocycles. The Morgan fingerprint density at radius 1 is 1.29 bits per heavy atom. The summed E-state index contributed by atoms with van der Waals surface area (Å²) in [6.07, 6.45) is 4.28. The highest BCUT2D eigenvalue weighted by atomic mass is 32.2. The van der Waals surface area contributed by atoms with E-state index in [4.69, 9.17) is 0 Å². The summed E-state index contributed by atoms with van der Waals surface area (Å²) >= 11 is 2.09. The fourth-order valence-electron chi connectivity index (χ4n) is 2.58. The molecule has 0 radical (unpaired) electrons. The van der Waals surface area contributed by atoms with Gasteiger partial charge < -0.3 is 5.32 Å². The van der Waals surface area contributed by atoms with Gasteiger partial charge in [0.15, 0.2) is 0 Å². The van der Waals surface area contributed by atoms with Crippen LogP contribution in [0.3, 0.4) is 0 Å². The van der Waals surface area contributed by atoms with E-state index in [1.807, 2.05) is 0 Å². The first-order chi connectivity index (χ1) is 6.79. The monoisotopic (exact) mass is 215 g/mol. The van der Waals surface area contributed by atoms with E-state index in [9.17, 15) is 0 Å². The van der Waals surface area contributed by atoms with Crippen LogP contribution in [0.15, 0.2) is 0 Å². The smallest absolute Gasteiger partial charge is 0.00953 e. The molecular weight excluding hydrogens is 190 g/mol. The molecule has 84 valence electrons. The van der Waals surface area contributed by atoms with E-state index in [-0.39, 0.29) is 0 Å². The zero-order valence-electron chi connectivity index (χ0n) is 9.88. The van der Waals surface area contributed by atoms with Crippen molar-refractivity contribution in [1.29, 1.82) is 0 Å². The molecule has 1 aliphatic carbocycles. The molecule has 0 aromatic heterocycles. The van der Waals surface area contributed by atoms with Crippen molar-refractivity contribution in [1.82, 2.24) is 5.32 Å². The van der Waals surface area contributed by atoms with E-state index in [0.717, 1.165) is 24.4 Å². The lowest BCUT2D eigenvalue weighted by Crippen LogP contribution is -2.32. The lowest BCUT2D eigenvalue weighted by molar-refractivity contribution is 0.351. The molecule has 1 saturated carbocycles. The second kappa shape index (κ2) is 6.73. The van der Waals surface area contributed by atoms with Crippen LogP contribution in [0.4, 0.5) is 0 Å². The highest BCUT2D eigenvalue weighted by Gasteiger charge is 2.31. The van der Waals surface area contributed by atoms with Gasteiger partial charge in [-0.05, 0) is 49.1 Å². The summed E-state index contributed by atoms with van der Waals surface area (Å²) in [6, 6.07) is 0.802. The molecule has 2 heteroatoms. The predicted octanol–water partition coefficient (Wildman–Crippen LogP) is 3.15. The number of nitrogens with one attached hydrogen (secondary N) is 1. The Morgan fingerprint density at radius 3 is 2.71 bits per heavy atom. The molecule has 0 spiro atoms. The van der Waals surface area contributed by atoms with Gasteiger partial charge in [-0.2, -0.15) is 11.8 Å². The highest BCUT2D eigenvalue weighted by molar-refractivity contribution is 7.99. The Balaban J connectivity index is 2.21. The Bertz CT molecular complexity index is 149. The van der Waals surface area contributed by atoms with Gasteiger partial charge in [-0.25, -0.2) is 0 Å². The molecule has 0 saturated heterocycles. The first-order valence-electron chi connectivity index (χ1n) is 6.10. The molecule has 1 fully saturated rings. The van der Waals surface area contributed by atoms with Crippen molar-refractivity contribution in [2.24, 2.45) is 11.8 Å². The molecule has 14 heavy (non-hydrogen) atoms. The van der Waals surface area contributed by atoms with Crippen LogP contribution in [0.25, 0.3) is 0 Å². The molecule has 1 N–H and O–H groups in total. The normalized spacial score (nSPS) is 32.4. The average molecular weight is 215 g/mol. The summed E-state index contributed by atoms with van der Waals surface area (Å²) in [5, 5.41) is 3.61. The predicted molar refractivity (Wildman–Crippen MR) is 67.0 cm³/mol. The fraction of sp³-hybridized carbons (Fsp3) is 1.00. The SMILES string of the molecule is CCNC1CCC(CCSCC)C1C. The lowest BCUT2D eigenvalue weighted by atomic mass is 9.93. The molecule has 0 aromatic carbocycles. The van der Waals surface area contributed by atoms with Gasteiger partial charge in [0.1, 0.15) is 0 Å². The maximum absolute atomic E-state index is 3.61. The Hall–Kier alpha value is 0.310. The second-order valence-electron chi connectivity index (χ2n) is 4.35. The van der Waals surface area contributed by atoms with Crippen molar-refractivity contribution in [3.8, 4) is 0 Å². The van der Waals surface area contributed by atoms with E-state index < -0.39 is 0 Å². The van der Waals surface area contributed by atoms with Crippen molar-refractivity contribution in [3.63, 3.8) is 0 Å². The molecule has 0 bridgehead atoms. The zero-order valence-corrected chi connectivity index (χ0v) is 10.7. The van der Waals surface area contributed by atoms with E-state index in [1.165, 1.54) is 30.8 Å². The van der Waals surface area contributed by atoms with Crippen LogP contribution < -0.4 is 5.32 Å². The zero-order chi connectivity index (χ0) is 10.4. The lowest BCUT2D eigenvalue weighted by Gasteiger charge is -2.21. The number of rotatable bonds is 6. The van der Waals surface area contributed by atoms with Crippen LogP contribution in [0.5, 0.6) is 0 Å². The van der Waals surface area contributed by atoms with Crippen LogP contribution in [-0.4, -0.2) is 24.1 Å². The second-order valence-corrected chi connectivity index (χ2v) is 5.74. The molecule has 3 unspecified atom stereocenters. The van der Waals surface area contributed by atoms with E-state index in [1.54, 1.807) is 0 Å². The summed E-state index contributed by atoms with van der Waals surface area (Å²) < 4.78 is 0. The van der Waals surface area contributed by atoms with Crippen LogP contribution in [-0.2, 0) is 0 Å². The molecule has 1 aliphatic rings.